The van der Waals surface area contributed by atoms with Gasteiger partial charge in [-0.25, -0.2) is 13.1 Å². The normalized spacial score (nSPS) is 27.4. The van der Waals surface area contributed by atoms with Gasteiger partial charge >= 0.3 is 0 Å². The van der Waals surface area contributed by atoms with Crippen molar-refractivity contribution in [2.75, 3.05) is 0 Å². The Morgan fingerprint density at radius 3 is 2.55 bits per heavy atom. The Morgan fingerprint density at radius 2 is 1.80 bits per heavy atom. The predicted molar refractivity (Wildman–Crippen MR) is 81.5 cm³/mol. The smallest absolute Gasteiger partial charge is 0.212 e. The maximum absolute atomic E-state index is 12.5. The van der Waals surface area contributed by atoms with E-state index in [1.54, 1.807) is 0 Å². The van der Waals surface area contributed by atoms with E-state index in [4.69, 9.17) is 11.6 Å². The number of rotatable bonds is 3. The molecule has 0 spiro atoms. The van der Waals surface area contributed by atoms with Crippen molar-refractivity contribution < 1.29 is 8.42 Å². The van der Waals surface area contributed by atoms with Crippen LogP contribution in [0.15, 0.2) is 24.3 Å². The van der Waals surface area contributed by atoms with Crippen molar-refractivity contribution >= 4 is 21.6 Å². The van der Waals surface area contributed by atoms with Crippen molar-refractivity contribution in [1.29, 1.82) is 0 Å². The zero-order valence-corrected chi connectivity index (χ0v) is 13.0. The summed E-state index contributed by atoms with van der Waals surface area (Å²) in [5, 5.41) is -0.432. The van der Waals surface area contributed by atoms with Crippen LogP contribution < -0.4 is 4.72 Å². The van der Waals surface area contributed by atoms with Crippen LogP contribution in [-0.2, 0) is 16.4 Å². The van der Waals surface area contributed by atoms with Crippen LogP contribution in [0.4, 0.5) is 0 Å². The first-order chi connectivity index (χ1) is 9.58. The zero-order valence-electron chi connectivity index (χ0n) is 11.4. The summed E-state index contributed by atoms with van der Waals surface area (Å²) in [7, 11) is -3.28. The van der Waals surface area contributed by atoms with Gasteiger partial charge in [0.15, 0.2) is 0 Å². The van der Waals surface area contributed by atoms with Gasteiger partial charge in [-0.05, 0) is 30.4 Å². The SMILES string of the molecule is O=S(=O)(NC1c2ccccc2CC1Cl)C1CCCCC1. The summed E-state index contributed by atoms with van der Waals surface area (Å²) in [6, 6.07) is 7.64. The summed E-state index contributed by atoms with van der Waals surface area (Å²) in [6.45, 7) is 0. The predicted octanol–water partition coefficient (Wildman–Crippen LogP) is 3.14. The molecule has 2 unspecified atom stereocenters. The average molecular weight is 314 g/mol. The lowest BCUT2D eigenvalue weighted by molar-refractivity contribution is 0.470. The molecule has 5 heteroatoms. The van der Waals surface area contributed by atoms with Crippen molar-refractivity contribution in [3.8, 4) is 0 Å². The van der Waals surface area contributed by atoms with Crippen LogP contribution in [0.25, 0.3) is 0 Å². The molecule has 20 heavy (non-hydrogen) atoms. The molecule has 0 aromatic heterocycles. The van der Waals surface area contributed by atoms with E-state index in [0.717, 1.165) is 49.7 Å². The standard InChI is InChI=1S/C15H20ClNO2S/c16-14-10-11-6-4-5-9-13(11)15(14)17-20(18,19)12-7-2-1-3-8-12/h4-6,9,12,14-15,17H,1-3,7-8,10H2. The van der Waals surface area contributed by atoms with Crippen LogP contribution in [-0.4, -0.2) is 19.0 Å². The van der Waals surface area contributed by atoms with Gasteiger partial charge in [-0.3, -0.25) is 0 Å². The van der Waals surface area contributed by atoms with Crippen LogP contribution in [0.2, 0.25) is 0 Å². The Morgan fingerprint density at radius 1 is 1.10 bits per heavy atom. The second-order valence-electron chi connectivity index (χ2n) is 5.82. The molecule has 2 aliphatic rings. The van der Waals surface area contributed by atoms with Gasteiger partial charge in [-0.1, -0.05) is 43.5 Å². The molecular weight excluding hydrogens is 294 g/mol. The first kappa shape index (κ1) is 14.4. The zero-order chi connectivity index (χ0) is 14.2. The van der Waals surface area contributed by atoms with Crippen molar-refractivity contribution in [3.05, 3.63) is 35.4 Å². The highest BCUT2D eigenvalue weighted by Gasteiger charge is 2.36. The van der Waals surface area contributed by atoms with E-state index in [9.17, 15) is 8.42 Å². The Kier molecular flexibility index (Phi) is 4.07. The molecule has 1 saturated carbocycles. The summed E-state index contributed by atoms with van der Waals surface area (Å²) in [5.41, 5.74) is 2.19. The van der Waals surface area contributed by atoms with Gasteiger partial charge in [-0.2, -0.15) is 0 Å². The molecule has 110 valence electrons. The minimum Gasteiger partial charge on any atom is -0.212 e. The molecule has 0 amide bonds. The Hall–Kier alpha value is -0.580. The molecule has 0 bridgehead atoms. The van der Waals surface area contributed by atoms with E-state index >= 15 is 0 Å². The third-order valence-corrected chi connectivity index (χ3v) is 6.79. The maximum Gasteiger partial charge on any atom is 0.215 e. The lowest BCUT2D eigenvalue weighted by Crippen LogP contribution is -2.39. The number of halogens is 1. The molecule has 0 radical (unpaired) electrons. The molecular formula is C15H20ClNO2S. The van der Waals surface area contributed by atoms with Crippen LogP contribution in [0.5, 0.6) is 0 Å². The molecule has 1 fully saturated rings. The summed E-state index contributed by atoms with van der Waals surface area (Å²) >= 11 is 6.36. The molecule has 2 atom stereocenters. The number of benzene rings is 1. The van der Waals surface area contributed by atoms with Crippen LogP contribution in [0, 0.1) is 0 Å². The van der Waals surface area contributed by atoms with E-state index in [2.05, 4.69) is 4.72 Å². The van der Waals surface area contributed by atoms with E-state index in [-0.39, 0.29) is 16.7 Å². The van der Waals surface area contributed by atoms with Crippen molar-refractivity contribution in [1.82, 2.24) is 4.72 Å². The second kappa shape index (κ2) is 5.66. The summed E-state index contributed by atoms with van der Waals surface area (Å²) in [4.78, 5) is 0. The minimum atomic E-state index is -3.28. The molecule has 0 saturated heterocycles. The largest absolute Gasteiger partial charge is 0.215 e. The minimum absolute atomic E-state index is 0.189. The Labute approximate surface area is 125 Å². The second-order valence-corrected chi connectivity index (χ2v) is 8.37. The Balaban J connectivity index is 1.80. The van der Waals surface area contributed by atoms with E-state index in [1.807, 2.05) is 24.3 Å². The number of hydrogen-bond acceptors (Lipinski definition) is 2. The van der Waals surface area contributed by atoms with Gasteiger partial charge in [0, 0.05) is 0 Å². The van der Waals surface area contributed by atoms with Gasteiger partial charge in [0.05, 0.1) is 16.7 Å². The summed E-state index contributed by atoms with van der Waals surface area (Å²) < 4.78 is 27.9. The number of alkyl halides is 1. The van der Waals surface area contributed by atoms with Crippen molar-refractivity contribution in [3.63, 3.8) is 0 Å². The highest BCUT2D eigenvalue weighted by atomic mass is 35.5. The van der Waals surface area contributed by atoms with Gasteiger partial charge in [0.25, 0.3) is 0 Å². The van der Waals surface area contributed by atoms with Gasteiger partial charge < -0.3 is 0 Å². The lowest BCUT2D eigenvalue weighted by atomic mass is 10.0. The molecule has 0 aliphatic heterocycles. The van der Waals surface area contributed by atoms with E-state index in [0.29, 0.717) is 0 Å². The lowest BCUT2D eigenvalue weighted by Gasteiger charge is -2.25. The number of nitrogens with one attached hydrogen (secondary N) is 1. The molecule has 2 aliphatic carbocycles. The molecule has 3 rings (SSSR count). The highest BCUT2D eigenvalue weighted by Crippen LogP contribution is 2.36. The third kappa shape index (κ3) is 2.74. The highest BCUT2D eigenvalue weighted by molar-refractivity contribution is 7.90. The Bertz CT molecular complexity index is 581. The molecule has 1 aromatic rings. The number of fused-ring (bicyclic) bond motifs is 1. The van der Waals surface area contributed by atoms with Crippen molar-refractivity contribution in [2.24, 2.45) is 0 Å². The fraction of sp³-hybridized carbons (Fsp3) is 0.600. The fourth-order valence-corrected chi connectivity index (χ4v) is 5.56. The van der Waals surface area contributed by atoms with Gasteiger partial charge in [-0.15, -0.1) is 11.6 Å². The monoisotopic (exact) mass is 313 g/mol. The molecule has 0 heterocycles. The van der Waals surface area contributed by atoms with Crippen molar-refractivity contribution in [2.45, 2.75) is 55.2 Å². The maximum atomic E-state index is 12.5. The van der Waals surface area contributed by atoms with Crippen LogP contribution in [0.1, 0.15) is 49.3 Å². The topological polar surface area (TPSA) is 46.2 Å². The molecule has 1 aromatic carbocycles. The summed E-state index contributed by atoms with van der Waals surface area (Å²) in [6.07, 6.45) is 5.45. The van der Waals surface area contributed by atoms with E-state index in [1.165, 1.54) is 0 Å². The average Bonchev–Trinajstić information content (AvgIpc) is 2.76. The van der Waals surface area contributed by atoms with E-state index < -0.39 is 10.0 Å². The van der Waals surface area contributed by atoms with Crippen LogP contribution >= 0.6 is 11.6 Å². The first-order valence-corrected chi connectivity index (χ1v) is 9.29. The quantitative estimate of drug-likeness (QED) is 0.871. The van der Waals surface area contributed by atoms with Gasteiger partial charge in [0.2, 0.25) is 10.0 Å². The molecule has 3 nitrogen and oxygen atoms in total. The molecule has 1 N–H and O–H groups in total. The third-order valence-electron chi connectivity index (χ3n) is 4.45. The first-order valence-electron chi connectivity index (χ1n) is 7.31. The van der Waals surface area contributed by atoms with Gasteiger partial charge in [0.1, 0.15) is 0 Å². The summed E-state index contributed by atoms with van der Waals surface area (Å²) in [5.74, 6) is 0. The number of hydrogen-bond donors (Lipinski definition) is 1. The number of sulfonamides is 1. The van der Waals surface area contributed by atoms with Crippen LogP contribution in [0.3, 0.4) is 0 Å². The fourth-order valence-electron chi connectivity index (χ4n) is 3.33.